The highest BCUT2D eigenvalue weighted by Gasteiger charge is 2.14. The van der Waals surface area contributed by atoms with Crippen LogP contribution in [0.4, 0.5) is 21.5 Å². The summed E-state index contributed by atoms with van der Waals surface area (Å²) in [5.41, 5.74) is 3.41. The Balaban J connectivity index is 1.78. The number of nitrogens with one attached hydrogen (secondary N) is 2. The van der Waals surface area contributed by atoms with Crippen LogP contribution in [-0.2, 0) is 6.54 Å². The number of aromatic nitrogens is 3. The summed E-state index contributed by atoms with van der Waals surface area (Å²) in [6, 6.07) is 9.94. The van der Waals surface area contributed by atoms with Gasteiger partial charge in [0.05, 0.1) is 39.1 Å². The van der Waals surface area contributed by atoms with Gasteiger partial charge in [0.25, 0.3) is 0 Å². The lowest BCUT2D eigenvalue weighted by atomic mass is 10.1. The second kappa shape index (κ2) is 8.17. The van der Waals surface area contributed by atoms with E-state index in [-0.39, 0.29) is 5.02 Å². The average Bonchev–Trinajstić information content (AvgIpc) is 3.23. The molecule has 0 atom stereocenters. The summed E-state index contributed by atoms with van der Waals surface area (Å²) in [7, 11) is 0. The predicted octanol–water partition coefficient (Wildman–Crippen LogP) is 5.76. The molecular formula is C19H11Cl2FN6S. The minimum Gasteiger partial charge on any atom is -0.379 e. The average molecular weight is 445 g/mol. The van der Waals surface area contributed by atoms with Gasteiger partial charge >= 0.3 is 0 Å². The monoisotopic (exact) mass is 444 g/mol. The van der Waals surface area contributed by atoms with Gasteiger partial charge in [0.1, 0.15) is 11.9 Å². The predicted molar refractivity (Wildman–Crippen MR) is 113 cm³/mol. The number of halogens is 3. The van der Waals surface area contributed by atoms with Gasteiger partial charge < -0.3 is 10.6 Å². The van der Waals surface area contributed by atoms with Crippen molar-refractivity contribution >= 4 is 62.7 Å². The molecule has 0 radical (unpaired) electrons. The minimum absolute atomic E-state index is 0.0240. The molecule has 0 aliphatic heterocycles. The Bertz CT molecular complexity index is 1240. The molecule has 2 N–H and O–H groups in total. The number of benzene rings is 2. The summed E-state index contributed by atoms with van der Waals surface area (Å²) in [5.74, 6) is -0.525. The number of anilines is 3. The normalized spacial score (nSPS) is 10.7. The molecule has 0 aliphatic carbocycles. The van der Waals surface area contributed by atoms with E-state index in [4.69, 9.17) is 23.2 Å². The Morgan fingerprint density at radius 3 is 2.69 bits per heavy atom. The van der Waals surface area contributed by atoms with Gasteiger partial charge in [-0.25, -0.2) is 4.39 Å². The van der Waals surface area contributed by atoms with E-state index in [1.165, 1.54) is 35.9 Å². The first-order valence-electron chi connectivity index (χ1n) is 8.29. The zero-order valence-corrected chi connectivity index (χ0v) is 16.9. The van der Waals surface area contributed by atoms with Crippen LogP contribution < -0.4 is 10.6 Å². The van der Waals surface area contributed by atoms with E-state index in [0.717, 1.165) is 11.4 Å². The van der Waals surface area contributed by atoms with Crippen LogP contribution in [0, 0.1) is 17.1 Å². The molecule has 0 bridgehead atoms. The van der Waals surface area contributed by atoms with Gasteiger partial charge in [0.2, 0.25) is 0 Å². The first-order chi connectivity index (χ1) is 14.0. The maximum Gasteiger partial charge on any atom is 0.141 e. The Kier molecular flexibility index (Phi) is 5.45. The molecule has 0 spiro atoms. The fraction of sp³-hybridized carbons (Fsp3) is 0.0526. The third-order valence-electron chi connectivity index (χ3n) is 4.11. The molecule has 29 heavy (non-hydrogen) atoms. The van der Waals surface area contributed by atoms with Crippen LogP contribution in [0.1, 0.15) is 11.3 Å². The van der Waals surface area contributed by atoms with Crippen LogP contribution >= 0.6 is 34.7 Å². The largest absolute Gasteiger partial charge is 0.379 e. The minimum atomic E-state index is -0.525. The summed E-state index contributed by atoms with van der Waals surface area (Å²) in [4.78, 5) is 4.31. The van der Waals surface area contributed by atoms with Crippen molar-refractivity contribution in [3.8, 4) is 6.07 Å². The number of hydrogen-bond acceptors (Lipinski definition) is 7. The fourth-order valence-electron chi connectivity index (χ4n) is 2.75. The van der Waals surface area contributed by atoms with Crippen molar-refractivity contribution in [3.05, 3.63) is 69.0 Å². The summed E-state index contributed by atoms with van der Waals surface area (Å²) in [5, 5.41) is 22.8. The molecule has 4 aromatic rings. The molecule has 0 fully saturated rings. The quantitative estimate of drug-likeness (QED) is 0.406. The third-order valence-corrected chi connectivity index (χ3v) is 5.24. The summed E-state index contributed by atoms with van der Waals surface area (Å²) >= 11 is 13.6. The van der Waals surface area contributed by atoms with Crippen molar-refractivity contribution in [1.29, 1.82) is 5.26 Å². The Hall–Kier alpha value is -2.99. The van der Waals surface area contributed by atoms with Gasteiger partial charge in [-0.3, -0.25) is 4.98 Å². The highest BCUT2D eigenvalue weighted by atomic mass is 35.5. The fourth-order valence-corrected chi connectivity index (χ4v) is 3.65. The molecule has 2 aromatic carbocycles. The third kappa shape index (κ3) is 4.07. The second-order valence-corrected chi connectivity index (χ2v) is 7.44. The Morgan fingerprint density at radius 1 is 1.14 bits per heavy atom. The molecule has 6 nitrogen and oxygen atoms in total. The van der Waals surface area contributed by atoms with Crippen LogP contribution in [0.5, 0.6) is 0 Å². The summed E-state index contributed by atoms with van der Waals surface area (Å²) < 4.78 is 17.3. The lowest BCUT2D eigenvalue weighted by Gasteiger charge is -2.14. The maximum atomic E-state index is 13.5. The van der Waals surface area contributed by atoms with Crippen LogP contribution in [0.15, 0.2) is 41.9 Å². The van der Waals surface area contributed by atoms with Gasteiger partial charge in [-0.1, -0.05) is 27.7 Å². The molecule has 0 saturated carbocycles. The number of pyridine rings is 1. The van der Waals surface area contributed by atoms with Gasteiger partial charge in [0, 0.05) is 28.3 Å². The van der Waals surface area contributed by atoms with Crippen LogP contribution in [0.3, 0.4) is 0 Å². The van der Waals surface area contributed by atoms with E-state index in [1.54, 1.807) is 6.07 Å². The maximum absolute atomic E-state index is 13.5. The number of hydrogen-bond donors (Lipinski definition) is 2. The Labute approximate surface area is 179 Å². The standard InChI is InChI=1S/C19H11Cl2FN6S/c20-15-4-11(1-2-17(15)22)26-18-10(6-23)7-25-19-14(18)3-12(5-16(19)21)24-8-13-9-29-28-27-13/h1-5,7,9,24H,8H2,(H,25,26). The topological polar surface area (TPSA) is 86.5 Å². The van der Waals surface area contributed by atoms with Crippen molar-refractivity contribution < 1.29 is 4.39 Å². The molecule has 0 unspecified atom stereocenters. The summed E-state index contributed by atoms with van der Waals surface area (Å²) in [6.45, 7) is 0.472. The van der Waals surface area contributed by atoms with Crippen LogP contribution in [0.2, 0.25) is 10.0 Å². The molecule has 10 heteroatoms. The molecular weight excluding hydrogens is 434 g/mol. The summed E-state index contributed by atoms with van der Waals surface area (Å²) in [6.07, 6.45) is 1.44. The number of nitrogens with zero attached hydrogens (tertiary/aromatic N) is 4. The van der Waals surface area contributed by atoms with E-state index < -0.39 is 5.82 Å². The second-order valence-electron chi connectivity index (χ2n) is 6.02. The van der Waals surface area contributed by atoms with Crippen LogP contribution in [-0.4, -0.2) is 14.6 Å². The van der Waals surface area contributed by atoms with Crippen molar-refractivity contribution in [2.75, 3.05) is 10.6 Å². The number of rotatable bonds is 5. The van der Waals surface area contributed by atoms with Gasteiger partial charge in [0.15, 0.2) is 0 Å². The first kappa shape index (κ1) is 19.3. The molecule has 2 aromatic heterocycles. The molecule has 4 rings (SSSR count). The van der Waals surface area contributed by atoms with E-state index in [1.807, 2.05) is 11.4 Å². The number of nitriles is 1. The van der Waals surface area contributed by atoms with Gasteiger partial charge in [-0.15, -0.1) is 5.10 Å². The van der Waals surface area contributed by atoms with Crippen LogP contribution in [0.25, 0.3) is 10.9 Å². The van der Waals surface area contributed by atoms with Crippen molar-refractivity contribution in [2.24, 2.45) is 0 Å². The van der Waals surface area contributed by atoms with Gasteiger partial charge in [-0.05, 0) is 41.9 Å². The zero-order valence-electron chi connectivity index (χ0n) is 14.6. The molecule has 2 heterocycles. The Morgan fingerprint density at radius 2 is 1.97 bits per heavy atom. The zero-order chi connectivity index (χ0) is 20.4. The lowest BCUT2D eigenvalue weighted by molar-refractivity contribution is 0.628. The van der Waals surface area contributed by atoms with E-state index in [9.17, 15) is 9.65 Å². The SMILES string of the molecule is N#Cc1cnc2c(Cl)cc(NCc3csnn3)cc2c1Nc1ccc(F)c(Cl)c1. The molecule has 144 valence electrons. The molecule has 0 amide bonds. The molecule has 0 aliphatic rings. The highest BCUT2D eigenvalue weighted by molar-refractivity contribution is 7.03. The van der Waals surface area contributed by atoms with E-state index in [2.05, 4.69) is 31.3 Å². The lowest BCUT2D eigenvalue weighted by Crippen LogP contribution is -2.02. The van der Waals surface area contributed by atoms with Crippen molar-refractivity contribution in [2.45, 2.75) is 6.54 Å². The highest BCUT2D eigenvalue weighted by Crippen LogP contribution is 2.35. The van der Waals surface area contributed by atoms with E-state index >= 15 is 0 Å². The first-order valence-corrected chi connectivity index (χ1v) is 9.88. The number of fused-ring (bicyclic) bond motifs is 1. The van der Waals surface area contributed by atoms with Crippen molar-refractivity contribution in [3.63, 3.8) is 0 Å². The molecule has 0 saturated heterocycles. The van der Waals surface area contributed by atoms with E-state index in [0.29, 0.717) is 39.4 Å². The smallest absolute Gasteiger partial charge is 0.141 e. The van der Waals surface area contributed by atoms with Gasteiger partial charge in [-0.2, -0.15) is 5.26 Å². The van der Waals surface area contributed by atoms with Crippen molar-refractivity contribution in [1.82, 2.24) is 14.6 Å².